The molecule has 4 heteroatoms. The third kappa shape index (κ3) is 2.10. The van der Waals surface area contributed by atoms with E-state index in [1.54, 1.807) is 4.90 Å². The molecule has 0 aromatic heterocycles. The summed E-state index contributed by atoms with van der Waals surface area (Å²) in [5.41, 5.74) is 1.41. The summed E-state index contributed by atoms with van der Waals surface area (Å²) < 4.78 is 0. The van der Waals surface area contributed by atoms with E-state index in [0.717, 1.165) is 11.3 Å². The lowest BCUT2D eigenvalue weighted by molar-refractivity contribution is -0.138. The maximum atomic E-state index is 11.6. The van der Waals surface area contributed by atoms with Crippen LogP contribution in [0.15, 0.2) is 24.3 Å². The van der Waals surface area contributed by atoms with E-state index in [9.17, 15) is 9.59 Å². The van der Waals surface area contributed by atoms with Gasteiger partial charge < -0.3 is 10.0 Å². The molecule has 1 atom stereocenters. The molecule has 0 aliphatic carbocycles. The van der Waals surface area contributed by atoms with Crippen molar-refractivity contribution in [1.29, 1.82) is 0 Å². The monoisotopic (exact) mass is 247 g/mol. The molecule has 0 radical (unpaired) electrons. The van der Waals surface area contributed by atoms with Gasteiger partial charge in [-0.2, -0.15) is 0 Å². The summed E-state index contributed by atoms with van der Waals surface area (Å²) in [7, 11) is 0. The number of carbonyl (C=O) groups is 2. The van der Waals surface area contributed by atoms with Crippen molar-refractivity contribution in [3.05, 3.63) is 29.8 Å². The van der Waals surface area contributed by atoms with Crippen LogP contribution in [0.5, 0.6) is 0 Å². The number of amides is 1. The average molecular weight is 247 g/mol. The van der Waals surface area contributed by atoms with Gasteiger partial charge in [0.15, 0.2) is 0 Å². The predicted molar refractivity (Wildman–Crippen MR) is 68.7 cm³/mol. The molecule has 0 saturated carbocycles. The molecule has 18 heavy (non-hydrogen) atoms. The normalized spacial score (nSPS) is 22.4. The zero-order valence-corrected chi connectivity index (χ0v) is 10.6. The number of aliphatic carboxylic acids is 1. The standard InChI is InChI=1S/C14H17NO3/c1-10(16)15-8-7-14(2,9-13(17)18)11-5-3-4-6-12(11)15/h3-6H,7-9H2,1-2H3,(H,17,18). The highest BCUT2D eigenvalue weighted by Gasteiger charge is 2.37. The summed E-state index contributed by atoms with van der Waals surface area (Å²) in [5, 5.41) is 9.05. The minimum Gasteiger partial charge on any atom is -0.481 e. The second-order valence-electron chi connectivity index (χ2n) is 5.07. The van der Waals surface area contributed by atoms with Crippen LogP contribution in [0.3, 0.4) is 0 Å². The molecule has 0 bridgehead atoms. The van der Waals surface area contributed by atoms with Gasteiger partial charge in [0.1, 0.15) is 0 Å². The van der Waals surface area contributed by atoms with Crippen molar-refractivity contribution in [1.82, 2.24) is 0 Å². The number of carboxylic acids is 1. The largest absolute Gasteiger partial charge is 0.481 e. The first kappa shape index (κ1) is 12.6. The molecule has 1 amide bonds. The van der Waals surface area contributed by atoms with Gasteiger partial charge >= 0.3 is 5.97 Å². The number of carboxylic acid groups (broad SMARTS) is 1. The molecule has 1 unspecified atom stereocenters. The minimum atomic E-state index is -0.802. The fraction of sp³-hybridized carbons (Fsp3) is 0.429. The van der Waals surface area contributed by atoms with Gasteiger partial charge in [-0.05, 0) is 18.1 Å². The number of rotatable bonds is 2. The Morgan fingerprint density at radius 3 is 2.67 bits per heavy atom. The first-order chi connectivity index (χ1) is 8.44. The van der Waals surface area contributed by atoms with Gasteiger partial charge in [-0.25, -0.2) is 0 Å². The quantitative estimate of drug-likeness (QED) is 0.871. The molecule has 0 saturated heterocycles. The highest BCUT2D eigenvalue weighted by molar-refractivity contribution is 5.93. The van der Waals surface area contributed by atoms with Crippen molar-refractivity contribution in [2.75, 3.05) is 11.4 Å². The fourth-order valence-corrected chi connectivity index (χ4v) is 2.68. The molecule has 1 heterocycles. The Morgan fingerprint density at radius 2 is 2.06 bits per heavy atom. The first-order valence-electron chi connectivity index (χ1n) is 6.03. The zero-order chi connectivity index (χ0) is 13.3. The SMILES string of the molecule is CC(=O)N1CCC(C)(CC(=O)O)c2ccccc21. The summed E-state index contributed by atoms with van der Waals surface area (Å²) in [5.74, 6) is -0.802. The van der Waals surface area contributed by atoms with Crippen molar-refractivity contribution in [3.8, 4) is 0 Å². The van der Waals surface area contributed by atoms with Gasteiger partial charge in [0.05, 0.1) is 6.42 Å². The molecule has 1 N–H and O–H groups in total. The van der Waals surface area contributed by atoms with Gasteiger partial charge in [0.2, 0.25) is 5.91 Å². The number of hydrogen-bond acceptors (Lipinski definition) is 2. The summed E-state index contributed by atoms with van der Waals surface area (Å²) in [4.78, 5) is 24.3. The van der Waals surface area contributed by atoms with E-state index in [4.69, 9.17) is 5.11 Å². The Balaban J connectivity index is 2.48. The van der Waals surface area contributed by atoms with E-state index in [0.29, 0.717) is 13.0 Å². The van der Waals surface area contributed by atoms with E-state index >= 15 is 0 Å². The van der Waals surface area contributed by atoms with Crippen molar-refractivity contribution in [3.63, 3.8) is 0 Å². The van der Waals surface area contributed by atoms with Gasteiger partial charge in [-0.1, -0.05) is 25.1 Å². The molecule has 1 aromatic carbocycles. The van der Waals surface area contributed by atoms with Crippen molar-refractivity contribution >= 4 is 17.6 Å². The van der Waals surface area contributed by atoms with Crippen molar-refractivity contribution < 1.29 is 14.7 Å². The van der Waals surface area contributed by atoms with Crippen LogP contribution in [0, 0.1) is 0 Å². The average Bonchev–Trinajstić information content (AvgIpc) is 2.28. The Labute approximate surface area is 106 Å². The number of nitrogens with zero attached hydrogens (tertiary/aromatic N) is 1. The van der Waals surface area contributed by atoms with Crippen LogP contribution in [-0.2, 0) is 15.0 Å². The fourth-order valence-electron chi connectivity index (χ4n) is 2.68. The summed E-state index contributed by atoms with van der Waals surface area (Å²) in [6.45, 7) is 4.07. The lowest BCUT2D eigenvalue weighted by Crippen LogP contribution is -2.42. The molecule has 2 rings (SSSR count). The smallest absolute Gasteiger partial charge is 0.304 e. The number of anilines is 1. The number of carbonyl (C=O) groups excluding carboxylic acids is 1. The second kappa shape index (κ2) is 4.44. The van der Waals surface area contributed by atoms with Crippen molar-refractivity contribution in [2.45, 2.75) is 32.1 Å². The van der Waals surface area contributed by atoms with Crippen LogP contribution >= 0.6 is 0 Å². The maximum absolute atomic E-state index is 11.6. The third-order valence-electron chi connectivity index (χ3n) is 3.65. The van der Waals surface area contributed by atoms with E-state index in [2.05, 4.69) is 0 Å². The molecular weight excluding hydrogens is 230 g/mol. The topological polar surface area (TPSA) is 57.6 Å². The van der Waals surface area contributed by atoms with Gasteiger partial charge in [-0.3, -0.25) is 9.59 Å². The summed E-state index contributed by atoms with van der Waals surface area (Å²) in [6.07, 6.45) is 0.769. The Bertz CT molecular complexity index is 498. The minimum absolute atomic E-state index is 0.000162. The first-order valence-corrected chi connectivity index (χ1v) is 6.03. The molecule has 4 nitrogen and oxygen atoms in total. The second-order valence-corrected chi connectivity index (χ2v) is 5.07. The number of para-hydroxylation sites is 1. The van der Waals surface area contributed by atoms with E-state index in [1.165, 1.54) is 6.92 Å². The molecule has 1 aromatic rings. The van der Waals surface area contributed by atoms with E-state index in [1.807, 2.05) is 31.2 Å². The van der Waals surface area contributed by atoms with Crippen LogP contribution in [0.25, 0.3) is 0 Å². The van der Waals surface area contributed by atoms with Gasteiger partial charge in [0.25, 0.3) is 0 Å². The Kier molecular flexibility index (Phi) is 3.11. The van der Waals surface area contributed by atoms with Crippen molar-refractivity contribution in [2.24, 2.45) is 0 Å². The molecule has 0 fully saturated rings. The molecular formula is C14H17NO3. The molecule has 0 spiro atoms. The number of hydrogen-bond donors (Lipinski definition) is 1. The molecule has 1 aliphatic heterocycles. The Morgan fingerprint density at radius 1 is 1.39 bits per heavy atom. The summed E-state index contributed by atoms with van der Waals surface area (Å²) in [6, 6.07) is 7.58. The predicted octanol–water partition coefficient (Wildman–Crippen LogP) is 2.18. The van der Waals surface area contributed by atoms with Crippen LogP contribution in [0.1, 0.15) is 32.3 Å². The Hall–Kier alpha value is -1.84. The van der Waals surface area contributed by atoms with E-state index in [-0.39, 0.29) is 12.3 Å². The highest BCUT2D eigenvalue weighted by atomic mass is 16.4. The third-order valence-corrected chi connectivity index (χ3v) is 3.65. The molecule has 96 valence electrons. The maximum Gasteiger partial charge on any atom is 0.304 e. The van der Waals surface area contributed by atoms with Crippen LogP contribution in [0.2, 0.25) is 0 Å². The zero-order valence-electron chi connectivity index (χ0n) is 10.6. The number of fused-ring (bicyclic) bond motifs is 1. The highest BCUT2D eigenvalue weighted by Crippen LogP contribution is 2.41. The molecule has 1 aliphatic rings. The lowest BCUT2D eigenvalue weighted by atomic mass is 9.73. The van der Waals surface area contributed by atoms with Crippen LogP contribution < -0.4 is 4.90 Å². The van der Waals surface area contributed by atoms with Gasteiger partial charge in [-0.15, -0.1) is 0 Å². The van der Waals surface area contributed by atoms with Gasteiger partial charge in [0, 0.05) is 24.6 Å². The lowest BCUT2D eigenvalue weighted by Gasteiger charge is -2.40. The number of benzene rings is 1. The summed E-state index contributed by atoms with van der Waals surface area (Å²) >= 11 is 0. The van der Waals surface area contributed by atoms with Crippen LogP contribution in [0.4, 0.5) is 5.69 Å². The van der Waals surface area contributed by atoms with E-state index < -0.39 is 11.4 Å². The van der Waals surface area contributed by atoms with Crippen LogP contribution in [-0.4, -0.2) is 23.5 Å².